The van der Waals surface area contributed by atoms with Gasteiger partial charge >= 0.3 is 0 Å². The summed E-state index contributed by atoms with van der Waals surface area (Å²) in [7, 11) is 0. The van der Waals surface area contributed by atoms with Gasteiger partial charge in [-0.15, -0.1) is 0 Å². The summed E-state index contributed by atoms with van der Waals surface area (Å²) in [6.45, 7) is 3.45. The Morgan fingerprint density at radius 2 is 2.39 bits per heavy atom. The number of morpholine rings is 1. The third-order valence-electron chi connectivity index (χ3n) is 3.80. The molecule has 0 saturated carbocycles. The van der Waals surface area contributed by atoms with E-state index in [1.54, 1.807) is 0 Å². The van der Waals surface area contributed by atoms with E-state index in [1.165, 1.54) is 0 Å². The third-order valence-corrected chi connectivity index (χ3v) is 3.80. The van der Waals surface area contributed by atoms with Crippen LogP contribution in [-0.4, -0.2) is 60.9 Å². The summed E-state index contributed by atoms with van der Waals surface area (Å²) in [5.74, 6) is 0.212. The summed E-state index contributed by atoms with van der Waals surface area (Å²) < 4.78 is 5.57. The van der Waals surface area contributed by atoms with E-state index < -0.39 is 0 Å². The fourth-order valence-electron chi connectivity index (χ4n) is 2.85. The van der Waals surface area contributed by atoms with Crippen molar-refractivity contribution in [1.29, 1.82) is 0 Å². The molecule has 1 amide bonds. The van der Waals surface area contributed by atoms with Crippen molar-refractivity contribution in [3.8, 4) is 0 Å². The van der Waals surface area contributed by atoms with E-state index in [0.717, 1.165) is 45.3 Å². The second kappa shape index (κ2) is 7.07. The highest BCUT2D eigenvalue weighted by atomic mass is 16.5. The lowest BCUT2D eigenvalue weighted by atomic mass is 10.1. The van der Waals surface area contributed by atoms with Crippen LogP contribution in [0.1, 0.15) is 32.1 Å². The molecule has 2 unspecified atom stereocenters. The van der Waals surface area contributed by atoms with Gasteiger partial charge < -0.3 is 20.1 Å². The van der Waals surface area contributed by atoms with Crippen LogP contribution in [0, 0.1) is 0 Å². The van der Waals surface area contributed by atoms with Crippen LogP contribution in [0.15, 0.2) is 0 Å². The quantitative estimate of drug-likeness (QED) is 0.734. The number of carbonyl (C=O) groups excluding carboxylic acids is 1. The highest BCUT2D eigenvalue weighted by Crippen LogP contribution is 2.22. The zero-order valence-corrected chi connectivity index (χ0v) is 10.9. The molecule has 2 fully saturated rings. The van der Waals surface area contributed by atoms with Gasteiger partial charge in [-0.2, -0.15) is 0 Å². The number of carbonyl (C=O) groups is 1. The molecule has 2 aliphatic rings. The number of ether oxygens (including phenoxy) is 1. The van der Waals surface area contributed by atoms with Crippen LogP contribution in [0.4, 0.5) is 0 Å². The number of likely N-dealkylation sites (tertiary alicyclic amines) is 1. The molecular formula is C13H24N2O3. The molecule has 0 radical (unpaired) electrons. The van der Waals surface area contributed by atoms with Crippen LogP contribution in [0.5, 0.6) is 0 Å². The number of hydrogen-bond donors (Lipinski definition) is 2. The van der Waals surface area contributed by atoms with E-state index in [2.05, 4.69) is 5.32 Å². The Hall–Kier alpha value is -0.650. The number of aliphatic hydroxyl groups is 1. The molecule has 0 bridgehead atoms. The number of nitrogens with one attached hydrogen (secondary N) is 1. The SMILES string of the molecule is O=C(CC1CNCCO1)N1CCCC1CCCO. The maximum atomic E-state index is 12.2. The Morgan fingerprint density at radius 1 is 1.50 bits per heavy atom. The van der Waals surface area contributed by atoms with Gasteiger partial charge in [-0.05, 0) is 25.7 Å². The van der Waals surface area contributed by atoms with E-state index in [-0.39, 0.29) is 18.6 Å². The normalized spacial score (nSPS) is 28.6. The average Bonchev–Trinajstić information content (AvgIpc) is 2.86. The molecule has 2 N–H and O–H groups in total. The van der Waals surface area contributed by atoms with Crippen LogP contribution >= 0.6 is 0 Å². The Morgan fingerprint density at radius 3 is 3.11 bits per heavy atom. The van der Waals surface area contributed by atoms with Gasteiger partial charge in [0.25, 0.3) is 0 Å². The lowest BCUT2D eigenvalue weighted by molar-refractivity contribution is -0.135. The monoisotopic (exact) mass is 256 g/mol. The lowest BCUT2D eigenvalue weighted by Crippen LogP contribution is -2.43. The zero-order valence-electron chi connectivity index (χ0n) is 10.9. The summed E-state index contributed by atoms with van der Waals surface area (Å²) in [5.41, 5.74) is 0. The van der Waals surface area contributed by atoms with Crippen molar-refractivity contribution in [2.24, 2.45) is 0 Å². The molecule has 0 aliphatic carbocycles. The molecule has 5 heteroatoms. The topological polar surface area (TPSA) is 61.8 Å². The van der Waals surface area contributed by atoms with Crippen molar-refractivity contribution in [2.75, 3.05) is 32.8 Å². The van der Waals surface area contributed by atoms with Crippen LogP contribution in [0.3, 0.4) is 0 Å². The van der Waals surface area contributed by atoms with Gasteiger partial charge in [0.05, 0.1) is 19.1 Å². The Kier molecular flexibility index (Phi) is 5.41. The molecule has 104 valence electrons. The van der Waals surface area contributed by atoms with Gasteiger partial charge in [-0.25, -0.2) is 0 Å². The van der Waals surface area contributed by atoms with Crippen LogP contribution in [0.25, 0.3) is 0 Å². The minimum atomic E-state index is 0.0327. The molecule has 2 heterocycles. The van der Waals surface area contributed by atoms with Gasteiger partial charge in [0, 0.05) is 32.3 Å². The maximum absolute atomic E-state index is 12.2. The molecule has 0 spiro atoms. The molecule has 2 atom stereocenters. The highest BCUT2D eigenvalue weighted by molar-refractivity contribution is 5.77. The Labute approximate surface area is 108 Å². The number of nitrogens with zero attached hydrogens (tertiary/aromatic N) is 1. The molecule has 18 heavy (non-hydrogen) atoms. The first-order valence-corrected chi connectivity index (χ1v) is 7.04. The first-order chi connectivity index (χ1) is 8.81. The van der Waals surface area contributed by atoms with Crippen molar-refractivity contribution in [3.05, 3.63) is 0 Å². The summed E-state index contributed by atoms with van der Waals surface area (Å²) in [6, 6.07) is 0.334. The van der Waals surface area contributed by atoms with Crippen LogP contribution in [0.2, 0.25) is 0 Å². The Bertz CT molecular complexity index is 267. The molecule has 2 rings (SSSR count). The highest BCUT2D eigenvalue weighted by Gasteiger charge is 2.30. The largest absolute Gasteiger partial charge is 0.396 e. The predicted molar refractivity (Wildman–Crippen MR) is 68.3 cm³/mol. The fraction of sp³-hybridized carbons (Fsp3) is 0.923. The number of aliphatic hydroxyl groups excluding tert-OH is 1. The van der Waals surface area contributed by atoms with Crippen LogP contribution in [-0.2, 0) is 9.53 Å². The first-order valence-electron chi connectivity index (χ1n) is 7.04. The van der Waals surface area contributed by atoms with E-state index in [4.69, 9.17) is 9.84 Å². The minimum absolute atomic E-state index is 0.0327. The number of hydrogen-bond acceptors (Lipinski definition) is 4. The molecule has 0 aromatic carbocycles. The van der Waals surface area contributed by atoms with Crippen molar-refractivity contribution in [1.82, 2.24) is 10.2 Å². The Balaban J connectivity index is 1.79. The van der Waals surface area contributed by atoms with Crippen molar-refractivity contribution in [3.63, 3.8) is 0 Å². The van der Waals surface area contributed by atoms with Gasteiger partial charge in [0.15, 0.2) is 0 Å². The molecule has 2 saturated heterocycles. The average molecular weight is 256 g/mol. The third kappa shape index (κ3) is 3.67. The van der Waals surface area contributed by atoms with Crippen LogP contribution < -0.4 is 5.32 Å². The zero-order chi connectivity index (χ0) is 12.8. The van der Waals surface area contributed by atoms with Gasteiger partial charge in [-0.3, -0.25) is 4.79 Å². The predicted octanol–water partition coefficient (Wildman–Crippen LogP) is 0.128. The molecule has 5 nitrogen and oxygen atoms in total. The van der Waals surface area contributed by atoms with Gasteiger partial charge in [-0.1, -0.05) is 0 Å². The second-order valence-electron chi connectivity index (χ2n) is 5.15. The molecule has 2 aliphatic heterocycles. The summed E-state index contributed by atoms with van der Waals surface area (Å²) in [4.78, 5) is 14.2. The van der Waals surface area contributed by atoms with E-state index in [9.17, 15) is 4.79 Å². The van der Waals surface area contributed by atoms with Gasteiger partial charge in [0.1, 0.15) is 0 Å². The van der Waals surface area contributed by atoms with Crippen molar-refractivity contribution < 1.29 is 14.6 Å². The summed E-state index contributed by atoms with van der Waals surface area (Å²) in [5, 5.41) is 12.1. The fourth-order valence-corrected chi connectivity index (χ4v) is 2.85. The molecular weight excluding hydrogens is 232 g/mol. The summed E-state index contributed by atoms with van der Waals surface area (Å²) in [6.07, 6.45) is 4.40. The second-order valence-corrected chi connectivity index (χ2v) is 5.15. The molecule has 0 aromatic rings. The number of rotatable bonds is 5. The van der Waals surface area contributed by atoms with E-state index in [0.29, 0.717) is 19.1 Å². The van der Waals surface area contributed by atoms with Crippen molar-refractivity contribution >= 4 is 5.91 Å². The lowest BCUT2D eigenvalue weighted by Gasteiger charge is -2.28. The maximum Gasteiger partial charge on any atom is 0.225 e. The smallest absolute Gasteiger partial charge is 0.225 e. The first kappa shape index (κ1) is 13.8. The summed E-state index contributed by atoms with van der Waals surface area (Å²) >= 11 is 0. The molecule has 0 aromatic heterocycles. The van der Waals surface area contributed by atoms with Gasteiger partial charge in [0.2, 0.25) is 5.91 Å². The van der Waals surface area contributed by atoms with Crippen molar-refractivity contribution in [2.45, 2.75) is 44.2 Å². The minimum Gasteiger partial charge on any atom is -0.396 e. The number of amides is 1. The van der Waals surface area contributed by atoms with E-state index >= 15 is 0 Å². The standard InChI is InChI=1S/C13H24N2O3/c16-7-2-4-11-3-1-6-15(11)13(17)9-12-10-14-5-8-18-12/h11-12,14,16H,1-10H2. The van der Waals surface area contributed by atoms with E-state index in [1.807, 2.05) is 4.90 Å².